The molecule has 5 heteroatoms. The largest absolute Gasteiger partial charge is 0.487 e. The van der Waals surface area contributed by atoms with Crippen LogP contribution >= 0.6 is 23.2 Å². The molecule has 2 atom stereocenters. The zero-order valence-corrected chi connectivity index (χ0v) is 14.4. The van der Waals surface area contributed by atoms with E-state index < -0.39 is 6.10 Å². The van der Waals surface area contributed by atoms with E-state index in [0.717, 1.165) is 11.1 Å². The Morgan fingerprint density at radius 3 is 2.92 bits per heavy atom. The molecule has 0 bridgehead atoms. The van der Waals surface area contributed by atoms with E-state index >= 15 is 0 Å². The van der Waals surface area contributed by atoms with Gasteiger partial charge in [-0.15, -0.1) is 0 Å². The number of aliphatic hydroxyl groups is 1. The maximum absolute atomic E-state index is 10.3. The van der Waals surface area contributed by atoms with Crippen molar-refractivity contribution in [1.82, 2.24) is 5.32 Å². The Labute approximate surface area is 150 Å². The third-order valence-electron chi connectivity index (χ3n) is 4.55. The Bertz CT molecular complexity index is 819. The molecule has 0 saturated carbocycles. The molecule has 1 aliphatic carbocycles. The number of hydrogen-bond donors (Lipinski definition) is 2. The summed E-state index contributed by atoms with van der Waals surface area (Å²) in [4.78, 5) is 0. The summed E-state index contributed by atoms with van der Waals surface area (Å²) >= 11 is 12.2. The van der Waals surface area contributed by atoms with Crippen molar-refractivity contribution < 1.29 is 9.84 Å². The molecule has 2 N–H and O–H groups in total. The molecule has 2 aromatic carbocycles. The van der Waals surface area contributed by atoms with Crippen LogP contribution in [0, 0.1) is 0 Å². The topological polar surface area (TPSA) is 41.5 Å². The highest BCUT2D eigenvalue weighted by atomic mass is 35.5. The lowest BCUT2D eigenvalue weighted by Crippen LogP contribution is -2.31. The van der Waals surface area contributed by atoms with Crippen molar-refractivity contribution in [3.8, 4) is 5.75 Å². The van der Waals surface area contributed by atoms with Crippen LogP contribution in [0.2, 0.25) is 10.0 Å². The zero-order chi connectivity index (χ0) is 16.7. The first-order valence-electron chi connectivity index (χ1n) is 7.92. The average Bonchev–Trinajstić information content (AvgIpc) is 2.87. The lowest BCUT2D eigenvalue weighted by Gasteiger charge is -2.23. The monoisotopic (exact) mass is 361 g/mol. The SMILES string of the molecule is O[C@H]1Cc2ccccc2[C@H]1NCC1=Cc2cc(Cl)cc(Cl)c2OC1. The summed E-state index contributed by atoms with van der Waals surface area (Å²) < 4.78 is 5.77. The molecule has 1 aliphatic heterocycles. The molecule has 24 heavy (non-hydrogen) atoms. The number of halogens is 2. The maximum atomic E-state index is 10.3. The van der Waals surface area contributed by atoms with E-state index in [1.807, 2.05) is 18.2 Å². The van der Waals surface area contributed by atoms with Crippen molar-refractivity contribution in [3.63, 3.8) is 0 Å². The van der Waals surface area contributed by atoms with E-state index in [0.29, 0.717) is 35.4 Å². The molecule has 0 unspecified atom stereocenters. The van der Waals surface area contributed by atoms with Gasteiger partial charge in [-0.05, 0) is 34.9 Å². The van der Waals surface area contributed by atoms with Crippen LogP contribution in [0.15, 0.2) is 42.0 Å². The summed E-state index contributed by atoms with van der Waals surface area (Å²) in [6, 6.07) is 11.6. The first kappa shape index (κ1) is 16.0. The van der Waals surface area contributed by atoms with Gasteiger partial charge in [0.2, 0.25) is 0 Å². The molecule has 0 fully saturated rings. The van der Waals surface area contributed by atoms with Gasteiger partial charge in [0.15, 0.2) is 0 Å². The van der Waals surface area contributed by atoms with Crippen LogP contribution in [-0.4, -0.2) is 24.4 Å². The molecule has 0 radical (unpaired) electrons. The lowest BCUT2D eigenvalue weighted by molar-refractivity contribution is 0.142. The second kappa shape index (κ2) is 6.41. The second-order valence-electron chi connectivity index (χ2n) is 6.23. The smallest absolute Gasteiger partial charge is 0.145 e. The highest BCUT2D eigenvalue weighted by molar-refractivity contribution is 6.36. The van der Waals surface area contributed by atoms with Gasteiger partial charge in [0.1, 0.15) is 12.4 Å². The molecular formula is C19H17Cl2NO2. The highest BCUT2D eigenvalue weighted by Crippen LogP contribution is 2.37. The molecule has 0 saturated heterocycles. The third kappa shape index (κ3) is 2.93. The third-order valence-corrected chi connectivity index (χ3v) is 5.05. The Morgan fingerprint density at radius 1 is 1.21 bits per heavy atom. The predicted molar refractivity (Wildman–Crippen MR) is 96.8 cm³/mol. The molecule has 4 rings (SSSR count). The van der Waals surface area contributed by atoms with Crippen molar-refractivity contribution in [1.29, 1.82) is 0 Å². The Hall–Kier alpha value is -1.52. The molecule has 2 aromatic rings. The fourth-order valence-electron chi connectivity index (χ4n) is 3.43. The summed E-state index contributed by atoms with van der Waals surface area (Å²) in [7, 11) is 0. The molecule has 124 valence electrons. The number of benzene rings is 2. The molecular weight excluding hydrogens is 345 g/mol. The molecule has 0 spiro atoms. The minimum Gasteiger partial charge on any atom is -0.487 e. The number of aliphatic hydroxyl groups excluding tert-OH is 1. The van der Waals surface area contributed by atoms with Crippen molar-refractivity contribution >= 4 is 29.3 Å². The highest BCUT2D eigenvalue weighted by Gasteiger charge is 2.30. The van der Waals surface area contributed by atoms with Gasteiger partial charge in [0.05, 0.1) is 17.2 Å². The zero-order valence-electron chi connectivity index (χ0n) is 12.9. The van der Waals surface area contributed by atoms with E-state index in [9.17, 15) is 5.11 Å². The van der Waals surface area contributed by atoms with Crippen LogP contribution in [0.5, 0.6) is 5.75 Å². The average molecular weight is 362 g/mol. The number of ether oxygens (including phenoxy) is 1. The van der Waals surface area contributed by atoms with E-state index in [2.05, 4.69) is 23.5 Å². The van der Waals surface area contributed by atoms with Crippen molar-refractivity contribution in [2.24, 2.45) is 0 Å². The van der Waals surface area contributed by atoms with Crippen LogP contribution in [0.1, 0.15) is 22.7 Å². The summed E-state index contributed by atoms with van der Waals surface area (Å²) in [6.45, 7) is 1.12. The normalized spacial score (nSPS) is 21.7. The van der Waals surface area contributed by atoms with Crippen LogP contribution in [0.25, 0.3) is 6.08 Å². The van der Waals surface area contributed by atoms with Crippen LogP contribution in [-0.2, 0) is 6.42 Å². The number of hydrogen-bond acceptors (Lipinski definition) is 3. The maximum Gasteiger partial charge on any atom is 0.145 e. The van der Waals surface area contributed by atoms with Crippen molar-refractivity contribution in [3.05, 3.63) is 68.7 Å². The first-order valence-corrected chi connectivity index (χ1v) is 8.68. The number of fused-ring (bicyclic) bond motifs is 2. The summed E-state index contributed by atoms with van der Waals surface area (Å²) in [5.74, 6) is 0.677. The van der Waals surface area contributed by atoms with Crippen molar-refractivity contribution in [2.75, 3.05) is 13.2 Å². The lowest BCUT2D eigenvalue weighted by atomic mass is 10.1. The van der Waals surface area contributed by atoms with E-state index in [1.54, 1.807) is 6.07 Å². The molecule has 2 aliphatic rings. The second-order valence-corrected chi connectivity index (χ2v) is 7.07. The van der Waals surface area contributed by atoms with Gasteiger partial charge in [-0.3, -0.25) is 0 Å². The summed E-state index contributed by atoms with van der Waals surface area (Å²) in [5, 5.41) is 14.9. The summed E-state index contributed by atoms with van der Waals surface area (Å²) in [6.07, 6.45) is 2.34. The van der Waals surface area contributed by atoms with E-state index in [-0.39, 0.29) is 6.04 Å². The van der Waals surface area contributed by atoms with Gasteiger partial charge in [0.25, 0.3) is 0 Å². The number of nitrogens with one attached hydrogen (secondary N) is 1. The van der Waals surface area contributed by atoms with Gasteiger partial charge in [0, 0.05) is 23.6 Å². The van der Waals surface area contributed by atoms with Crippen LogP contribution in [0.3, 0.4) is 0 Å². The summed E-state index contributed by atoms with van der Waals surface area (Å²) in [5.41, 5.74) is 4.37. The molecule has 0 amide bonds. The molecule has 3 nitrogen and oxygen atoms in total. The minimum absolute atomic E-state index is 0.0496. The predicted octanol–water partition coefficient (Wildman–Crippen LogP) is 4.02. The fourth-order valence-corrected chi connectivity index (χ4v) is 3.99. The Morgan fingerprint density at radius 2 is 2.04 bits per heavy atom. The molecule has 0 aromatic heterocycles. The van der Waals surface area contributed by atoms with E-state index in [4.69, 9.17) is 27.9 Å². The van der Waals surface area contributed by atoms with Crippen LogP contribution < -0.4 is 10.1 Å². The van der Waals surface area contributed by atoms with Gasteiger partial charge in [-0.2, -0.15) is 0 Å². The minimum atomic E-state index is -0.399. The van der Waals surface area contributed by atoms with Gasteiger partial charge in [-0.25, -0.2) is 0 Å². The quantitative estimate of drug-likeness (QED) is 0.867. The Balaban J connectivity index is 1.52. The number of rotatable bonds is 3. The fraction of sp³-hybridized carbons (Fsp3) is 0.263. The van der Waals surface area contributed by atoms with E-state index in [1.165, 1.54) is 11.1 Å². The van der Waals surface area contributed by atoms with Crippen LogP contribution in [0.4, 0.5) is 0 Å². The van der Waals surface area contributed by atoms with Crippen molar-refractivity contribution in [2.45, 2.75) is 18.6 Å². The van der Waals surface area contributed by atoms with Gasteiger partial charge >= 0.3 is 0 Å². The Kier molecular flexibility index (Phi) is 4.27. The molecule has 1 heterocycles. The van der Waals surface area contributed by atoms with Gasteiger partial charge < -0.3 is 15.2 Å². The van der Waals surface area contributed by atoms with Gasteiger partial charge in [-0.1, -0.05) is 47.5 Å². The first-order chi connectivity index (χ1) is 11.6. The standard InChI is InChI=1S/C19H17Cl2NO2/c20-14-6-13-5-11(10-24-19(13)16(21)8-14)9-22-18-15-4-2-1-3-12(15)7-17(18)23/h1-6,8,17-18,22-23H,7,9-10H2/t17-,18+/m0/s1.